The number of hydrogen-bond acceptors (Lipinski definition) is 0. The van der Waals surface area contributed by atoms with E-state index in [-0.39, 0.29) is 10.8 Å². The van der Waals surface area contributed by atoms with Crippen LogP contribution in [0.4, 0.5) is 0 Å². The van der Waals surface area contributed by atoms with E-state index in [1.54, 1.807) is 0 Å². The number of fused-ring (bicyclic) bond motifs is 2. The molecule has 0 aromatic heterocycles. The molecule has 0 aliphatic rings. The van der Waals surface area contributed by atoms with Crippen molar-refractivity contribution in [1.82, 2.24) is 0 Å². The average molecular weight is 290 g/mol. The van der Waals surface area contributed by atoms with Gasteiger partial charge in [-0.15, -0.1) is 0 Å². The molecule has 0 spiro atoms. The lowest BCUT2D eigenvalue weighted by Crippen LogP contribution is -2.16. The lowest BCUT2D eigenvalue weighted by Gasteiger charge is -2.27. The Bertz CT molecular complexity index is 839. The molecule has 3 aromatic carbocycles. The molecule has 0 aliphatic carbocycles. The summed E-state index contributed by atoms with van der Waals surface area (Å²) in [6, 6.07) is 18.1. The van der Waals surface area contributed by atoms with E-state index < -0.39 is 0 Å². The van der Waals surface area contributed by atoms with Crippen molar-refractivity contribution in [3.63, 3.8) is 0 Å². The van der Waals surface area contributed by atoms with Crippen LogP contribution < -0.4 is 0 Å². The molecule has 0 amide bonds. The van der Waals surface area contributed by atoms with E-state index in [0.29, 0.717) is 0 Å². The summed E-state index contributed by atoms with van der Waals surface area (Å²) in [7, 11) is 0. The molecule has 0 heterocycles. The van der Waals surface area contributed by atoms with Crippen LogP contribution in [-0.4, -0.2) is 0 Å². The van der Waals surface area contributed by atoms with Crippen molar-refractivity contribution in [3.05, 3.63) is 59.7 Å². The molecule has 0 radical (unpaired) electrons. The van der Waals surface area contributed by atoms with Crippen LogP contribution in [0.2, 0.25) is 0 Å². The molecule has 114 valence electrons. The predicted octanol–water partition coefficient (Wildman–Crippen LogP) is 6.59. The summed E-state index contributed by atoms with van der Waals surface area (Å²) in [4.78, 5) is 0. The minimum atomic E-state index is 0.141. The van der Waals surface area contributed by atoms with E-state index in [0.717, 1.165) is 0 Å². The molecule has 3 aromatic rings. The Labute approximate surface area is 134 Å². The van der Waals surface area contributed by atoms with E-state index in [9.17, 15) is 0 Å². The fourth-order valence-corrected chi connectivity index (χ4v) is 3.11. The van der Waals surface area contributed by atoms with Gasteiger partial charge in [-0.2, -0.15) is 0 Å². The maximum absolute atomic E-state index is 2.41. The van der Waals surface area contributed by atoms with Gasteiger partial charge in [0.15, 0.2) is 0 Å². The normalized spacial score (nSPS) is 13.0. The molecule has 22 heavy (non-hydrogen) atoms. The van der Waals surface area contributed by atoms with Gasteiger partial charge in [0.05, 0.1) is 0 Å². The first-order valence-electron chi connectivity index (χ1n) is 8.14. The quantitative estimate of drug-likeness (QED) is 0.410. The maximum atomic E-state index is 2.41. The van der Waals surface area contributed by atoms with Crippen LogP contribution in [-0.2, 0) is 10.8 Å². The molecule has 0 atom stereocenters. The highest BCUT2D eigenvalue weighted by Gasteiger charge is 2.22. The molecule has 0 heteroatoms. The van der Waals surface area contributed by atoms with Crippen molar-refractivity contribution >= 4 is 21.5 Å². The third kappa shape index (κ3) is 2.63. The lowest BCUT2D eigenvalue weighted by atomic mass is 9.78. The third-order valence-electron chi connectivity index (χ3n) is 4.49. The van der Waals surface area contributed by atoms with Crippen molar-refractivity contribution in [1.29, 1.82) is 0 Å². The van der Waals surface area contributed by atoms with Crippen LogP contribution in [0.15, 0.2) is 48.5 Å². The van der Waals surface area contributed by atoms with Crippen molar-refractivity contribution < 1.29 is 0 Å². The molecular weight excluding hydrogens is 264 g/mol. The molecule has 0 N–H and O–H groups in total. The molecule has 0 unspecified atom stereocenters. The smallest absolute Gasteiger partial charge is 0.0126 e. The fourth-order valence-electron chi connectivity index (χ4n) is 3.11. The van der Waals surface area contributed by atoms with Gasteiger partial charge in [0, 0.05) is 0 Å². The summed E-state index contributed by atoms with van der Waals surface area (Å²) in [6.07, 6.45) is 0. The van der Waals surface area contributed by atoms with Crippen LogP contribution in [0.3, 0.4) is 0 Å². The number of hydrogen-bond donors (Lipinski definition) is 0. The zero-order valence-electron chi connectivity index (χ0n) is 14.6. The van der Waals surface area contributed by atoms with Gasteiger partial charge in [-0.25, -0.2) is 0 Å². The zero-order valence-corrected chi connectivity index (χ0v) is 14.6. The molecule has 0 fully saturated rings. The summed E-state index contributed by atoms with van der Waals surface area (Å²) in [6.45, 7) is 13.8. The van der Waals surface area contributed by atoms with E-state index in [1.165, 1.54) is 32.7 Å². The second-order valence-electron chi connectivity index (χ2n) is 8.44. The SMILES string of the molecule is CC(C)(C)c1cc(C(C)(C)C)c2cc3ccccc3cc2c1. The number of benzene rings is 3. The lowest BCUT2D eigenvalue weighted by molar-refractivity contribution is 0.573. The van der Waals surface area contributed by atoms with E-state index >= 15 is 0 Å². The summed E-state index contributed by atoms with van der Waals surface area (Å²) in [5.74, 6) is 0. The minimum Gasteiger partial charge on any atom is -0.0616 e. The van der Waals surface area contributed by atoms with Crippen molar-refractivity contribution in [2.75, 3.05) is 0 Å². The molecule has 0 nitrogen and oxygen atoms in total. The van der Waals surface area contributed by atoms with Gasteiger partial charge in [0.1, 0.15) is 0 Å². The van der Waals surface area contributed by atoms with E-state index in [4.69, 9.17) is 0 Å². The Morgan fingerprint density at radius 3 is 1.73 bits per heavy atom. The average Bonchev–Trinajstić information content (AvgIpc) is 2.41. The highest BCUT2D eigenvalue weighted by atomic mass is 14.3. The standard InChI is InChI=1S/C22H26/c1-21(2,3)18-12-17-11-15-9-7-8-10-16(15)13-19(17)20(14-18)22(4,5)6/h7-14H,1-6H3. The van der Waals surface area contributed by atoms with Crippen LogP contribution in [0, 0.1) is 0 Å². The topological polar surface area (TPSA) is 0 Å². The summed E-state index contributed by atoms with van der Waals surface area (Å²) in [5.41, 5.74) is 3.17. The van der Waals surface area contributed by atoms with Crippen molar-refractivity contribution in [2.24, 2.45) is 0 Å². The highest BCUT2D eigenvalue weighted by Crippen LogP contribution is 2.36. The summed E-state index contributed by atoms with van der Waals surface area (Å²) >= 11 is 0. The second kappa shape index (κ2) is 4.84. The van der Waals surface area contributed by atoms with Gasteiger partial charge in [-0.1, -0.05) is 77.9 Å². The molecule has 0 aliphatic heterocycles. The van der Waals surface area contributed by atoms with E-state index in [2.05, 4.69) is 90.1 Å². The van der Waals surface area contributed by atoms with Crippen LogP contribution in [0.5, 0.6) is 0 Å². The monoisotopic (exact) mass is 290 g/mol. The van der Waals surface area contributed by atoms with Crippen LogP contribution in [0.1, 0.15) is 52.7 Å². The Balaban J connectivity index is 2.44. The molecule has 3 rings (SSSR count). The van der Waals surface area contributed by atoms with Gasteiger partial charge in [0.25, 0.3) is 0 Å². The van der Waals surface area contributed by atoms with Gasteiger partial charge < -0.3 is 0 Å². The Hall–Kier alpha value is -1.82. The van der Waals surface area contributed by atoms with Crippen molar-refractivity contribution in [2.45, 2.75) is 52.4 Å². The van der Waals surface area contributed by atoms with Crippen LogP contribution in [0.25, 0.3) is 21.5 Å². The molecule has 0 saturated carbocycles. The Morgan fingerprint density at radius 2 is 1.18 bits per heavy atom. The van der Waals surface area contributed by atoms with E-state index in [1.807, 2.05) is 0 Å². The zero-order chi connectivity index (χ0) is 16.1. The van der Waals surface area contributed by atoms with Gasteiger partial charge >= 0.3 is 0 Å². The molecule has 0 bridgehead atoms. The highest BCUT2D eigenvalue weighted by molar-refractivity contribution is 6.00. The predicted molar refractivity (Wildman–Crippen MR) is 98.9 cm³/mol. The minimum absolute atomic E-state index is 0.141. The second-order valence-corrected chi connectivity index (χ2v) is 8.44. The Morgan fingerprint density at radius 1 is 0.591 bits per heavy atom. The van der Waals surface area contributed by atoms with Gasteiger partial charge in [-0.05, 0) is 55.6 Å². The summed E-state index contributed by atoms with van der Waals surface area (Å²) < 4.78 is 0. The maximum Gasteiger partial charge on any atom is -0.0126 e. The Kier molecular flexibility index (Phi) is 3.32. The largest absolute Gasteiger partial charge is 0.0616 e. The third-order valence-corrected chi connectivity index (χ3v) is 4.49. The summed E-state index contributed by atoms with van der Waals surface area (Å²) in [5, 5.41) is 5.39. The molecule has 0 saturated heterocycles. The van der Waals surface area contributed by atoms with Gasteiger partial charge in [0.2, 0.25) is 0 Å². The first-order valence-corrected chi connectivity index (χ1v) is 8.14. The van der Waals surface area contributed by atoms with Gasteiger partial charge in [-0.3, -0.25) is 0 Å². The van der Waals surface area contributed by atoms with Crippen LogP contribution >= 0.6 is 0 Å². The first kappa shape index (κ1) is 15.1. The molecular formula is C22H26. The van der Waals surface area contributed by atoms with Crippen molar-refractivity contribution in [3.8, 4) is 0 Å². The first-order chi connectivity index (χ1) is 10.2. The number of rotatable bonds is 0. The fraction of sp³-hybridized carbons (Fsp3) is 0.364.